The third-order valence-corrected chi connectivity index (χ3v) is 3.99. The van der Waals surface area contributed by atoms with E-state index in [-0.39, 0.29) is 12.2 Å². The number of rotatable bonds is 6. The summed E-state index contributed by atoms with van der Waals surface area (Å²) < 4.78 is 39.2. The molecule has 7 heteroatoms. The van der Waals surface area contributed by atoms with Crippen LogP contribution in [0.15, 0.2) is 60.7 Å². The van der Waals surface area contributed by atoms with Crippen molar-refractivity contribution in [2.45, 2.75) is 25.2 Å². The summed E-state index contributed by atoms with van der Waals surface area (Å²) in [5.74, 6) is 1.55. The molecule has 0 atom stereocenters. The molecular formula is C20H22O7. The molecule has 2 saturated heterocycles. The highest BCUT2D eigenvalue weighted by atomic mass is 16.9. The van der Waals surface area contributed by atoms with E-state index in [1.54, 1.807) is 0 Å². The van der Waals surface area contributed by atoms with Crippen molar-refractivity contribution < 1.29 is 33.2 Å². The number of hydrogen-bond acceptors (Lipinski definition) is 7. The molecule has 0 bridgehead atoms. The van der Waals surface area contributed by atoms with Crippen LogP contribution in [-0.4, -0.2) is 51.6 Å². The Morgan fingerprint density at radius 3 is 1.30 bits per heavy atom. The minimum Gasteiger partial charge on any atom is -0.486 e. The largest absolute Gasteiger partial charge is 0.486 e. The van der Waals surface area contributed by atoms with Crippen molar-refractivity contribution >= 4 is 0 Å². The summed E-state index contributed by atoms with van der Waals surface area (Å²) in [7, 11) is 0. The molecule has 2 heterocycles. The van der Waals surface area contributed by atoms with Gasteiger partial charge in [-0.2, -0.15) is 0 Å². The third-order valence-electron chi connectivity index (χ3n) is 3.99. The van der Waals surface area contributed by atoms with Crippen LogP contribution in [0.3, 0.4) is 0 Å². The summed E-state index contributed by atoms with van der Waals surface area (Å²) in [6, 6.07) is 19.1. The lowest BCUT2D eigenvalue weighted by molar-refractivity contribution is -0.427. The Morgan fingerprint density at radius 2 is 0.926 bits per heavy atom. The fraction of sp³-hybridized carbons (Fsp3) is 0.400. The minimum atomic E-state index is -0.850. The summed E-state index contributed by atoms with van der Waals surface area (Å²) in [5.41, 5.74) is 0. The van der Waals surface area contributed by atoms with E-state index in [4.69, 9.17) is 33.2 Å². The van der Waals surface area contributed by atoms with Crippen LogP contribution in [0.2, 0.25) is 0 Å². The van der Waals surface area contributed by atoms with Crippen molar-refractivity contribution in [2.24, 2.45) is 0 Å². The smallest absolute Gasteiger partial charge is 0.275 e. The Labute approximate surface area is 157 Å². The molecule has 0 aliphatic carbocycles. The molecule has 27 heavy (non-hydrogen) atoms. The highest BCUT2D eigenvalue weighted by Gasteiger charge is 2.30. The van der Waals surface area contributed by atoms with Gasteiger partial charge in [0.25, 0.3) is 13.0 Å². The summed E-state index contributed by atoms with van der Waals surface area (Å²) in [4.78, 5) is 0. The molecule has 0 amide bonds. The van der Waals surface area contributed by atoms with Crippen LogP contribution in [0, 0.1) is 0 Å². The Bertz CT molecular complexity index is 606. The molecule has 0 N–H and O–H groups in total. The lowest BCUT2D eigenvalue weighted by Crippen LogP contribution is -2.45. The van der Waals surface area contributed by atoms with Gasteiger partial charge in [0.2, 0.25) is 0 Å². The second-order valence-corrected chi connectivity index (χ2v) is 6.15. The molecule has 2 aromatic rings. The maximum Gasteiger partial charge on any atom is 0.275 e. The van der Waals surface area contributed by atoms with Crippen LogP contribution in [0.25, 0.3) is 0 Å². The Balaban J connectivity index is 1.15. The standard InChI is InChI=1S/C20H22O7/c1-3-7-15(8-4-1)25-17-11-21-19(22-12-17)27-20-23-13-18(14-24-20)26-16-9-5-2-6-10-16/h1-10,17-20H,11-14H2. The second kappa shape index (κ2) is 9.16. The summed E-state index contributed by atoms with van der Waals surface area (Å²) in [5, 5.41) is 0. The lowest BCUT2D eigenvalue weighted by Gasteiger charge is -2.34. The predicted octanol–water partition coefficient (Wildman–Crippen LogP) is 2.56. The molecule has 2 aliphatic heterocycles. The highest BCUT2D eigenvalue weighted by Crippen LogP contribution is 2.19. The van der Waals surface area contributed by atoms with Gasteiger partial charge in [0.1, 0.15) is 23.7 Å². The zero-order valence-corrected chi connectivity index (χ0v) is 14.8. The van der Waals surface area contributed by atoms with Gasteiger partial charge in [-0.1, -0.05) is 36.4 Å². The summed E-state index contributed by atoms with van der Waals surface area (Å²) in [6.07, 6.45) is -0.381. The van der Waals surface area contributed by atoms with E-state index in [2.05, 4.69) is 0 Å². The van der Waals surface area contributed by atoms with E-state index in [1.165, 1.54) is 0 Å². The molecular weight excluding hydrogens is 352 g/mol. The van der Waals surface area contributed by atoms with E-state index in [0.29, 0.717) is 26.4 Å². The average molecular weight is 374 g/mol. The fourth-order valence-corrected chi connectivity index (χ4v) is 2.70. The molecule has 0 aromatic heterocycles. The Hall–Kier alpha value is -2.16. The van der Waals surface area contributed by atoms with Gasteiger partial charge in [0.05, 0.1) is 26.4 Å². The number of hydrogen-bond donors (Lipinski definition) is 0. The first kappa shape index (κ1) is 18.2. The predicted molar refractivity (Wildman–Crippen MR) is 94.2 cm³/mol. The summed E-state index contributed by atoms with van der Waals surface area (Å²) >= 11 is 0. The maximum atomic E-state index is 5.78. The molecule has 0 radical (unpaired) electrons. The quantitative estimate of drug-likeness (QED) is 0.770. The maximum absolute atomic E-state index is 5.78. The monoisotopic (exact) mass is 374 g/mol. The van der Waals surface area contributed by atoms with E-state index in [0.717, 1.165) is 11.5 Å². The first-order valence-electron chi connectivity index (χ1n) is 8.90. The molecule has 144 valence electrons. The number of benzene rings is 2. The van der Waals surface area contributed by atoms with Crippen molar-refractivity contribution in [3.05, 3.63) is 60.7 Å². The second-order valence-electron chi connectivity index (χ2n) is 6.15. The van der Waals surface area contributed by atoms with E-state index < -0.39 is 13.0 Å². The van der Waals surface area contributed by atoms with Gasteiger partial charge in [-0.3, -0.25) is 4.74 Å². The fourth-order valence-electron chi connectivity index (χ4n) is 2.70. The molecule has 4 rings (SSSR count). The van der Waals surface area contributed by atoms with Gasteiger partial charge >= 0.3 is 0 Å². The SMILES string of the molecule is c1ccc(OC2COC(OC3OCC(Oc4ccccc4)CO3)OC2)cc1. The van der Waals surface area contributed by atoms with Crippen molar-refractivity contribution in [1.29, 1.82) is 0 Å². The summed E-state index contributed by atoms with van der Waals surface area (Å²) in [6.45, 7) is -0.287. The van der Waals surface area contributed by atoms with Crippen LogP contribution < -0.4 is 9.47 Å². The van der Waals surface area contributed by atoms with Gasteiger partial charge in [-0.15, -0.1) is 0 Å². The molecule has 7 nitrogen and oxygen atoms in total. The highest BCUT2D eigenvalue weighted by molar-refractivity contribution is 5.22. The normalized spacial score (nSPS) is 28.4. The molecule has 2 aliphatic rings. The average Bonchev–Trinajstić information content (AvgIpc) is 2.73. The van der Waals surface area contributed by atoms with E-state index >= 15 is 0 Å². The van der Waals surface area contributed by atoms with Crippen molar-refractivity contribution in [3.63, 3.8) is 0 Å². The van der Waals surface area contributed by atoms with Gasteiger partial charge in [-0.25, -0.2) is 0 Å². The number of ether oxygens (including phenoxy) is 7. The van der Waals surface area contributed by atoms with Crippen LogP contribution in [-0.2, 0) is 23.7 Å². The Kier molecular flexibility index (Phi) is 6.18. The van der Waals surface area contributed by atoms with E-state index in [1.807, 2.05) is 60.7 Å². The van der Waals surface area contributed by atoms with Gasteiger partial charge in [-0.05, 0) is 24.3 Å². The zero-order chi connectivity index (χ0) is 18.3. The number of para-hydroxylation sites is 2. The van der Waals surface area contributed by atoms with Gasteiger partial charge < -0.3 is 28.4 Å². The zero-order valence-electron chi connectivity index (χ0n) is 14.8. The molecule has 0 spiro atoms. The van der Waals surface area contributed by atoms with Crippen molar-refractivity contribution in [3.8, 4) is 11.5 Å². The molecule has 2 aromatic carbocycles. The minimum absolute atomic E-state index is 0.191. The van der Waals surface area contributed by atoms with Crippen LogP contribution in [0.4, 0.5) is 0 Å². The first-order valence-corrected chi connectivity index (χ1v) is 8.90. The van der Waals surface area contributed by atoms with Crippen molar-refractivity contribution in [1.82, 2.24) is 0 Å². The Morgan fingerprint density at radius 1 is 0.556 bits per heavy atom. The van der Waals surface area contributed by atoms with Crippen LogP contribution >= 0.6 is 0 Å². The first-order chi connectivity index (χ1) is 13.3. The van der Waals surface area contributed by atoms with Crippen LogP contribution in [0.5, 0.6) is 11.5 Å². The van der Waals surface area contributed by atoms with Gasteiger partial charge in [0.15, 0.2) is 0 Å². The third kappa shape index (κ3) is 5.41. The lowest BCUT2D eigenvalue weighted by atomic mass is 10.3. The molecule has 0 unspecified atom stereocenters. The van der Waals surface area contributed by atoms with Gasteiger partial charge in [0, 0.05) is 0 Å². The molecule has 2 fully saturated rings. The molecule has 0 saturated carbocycles. The van der Waals surface area contributed by atoms with Crippen LogP contribution in [0.1, 0.15) is 0 Å². The van der Waals surface area contributed by atoms with E-state index in [9.17, 15) is 0 Å². The van der Waals surface area contributed by atoms with Crippen molar-refractivity contribution in [2.75, 3.05) is 26.4 Å². The topological polar surface area (TPSA) is 64.6 Å².